The molecule has 0 unspecified atom stereocenters. The molecule has 1 aromatic heterocycles. The lowest BCUT2D eigenvalue weighted by molar-refractivity contribution is -0.0977. The Morgan fingerprint density at radius 1 is 1.13 bits per heavy atom. The van der Waals surface area contributed by atoms with Crippen molar-refractivity contribution in [2.24, 2.45) is 5.92 Å². The van der Waals surface area contributed by atoms with Crippen molar-refractivity contribution in [3.63, 3.8) is 0 Å². The smallest absolute Gasteiger partial charge is 0.160 e. The maximum absolute atomic E-state index is 13.9. The Hall–Kier alpha value is -1.56. The van der Waals surface area contributed by atoms with E-state index in [1.807, 2.05) is 6.07 Å². The topological polar surface area (TPSA) is 34.6 Å². The molecule has 4 nitrogen and oxygen atoms in total. The Kier molecular flexibility index (Phi) is 4.25. The van der Waals surface area contributed by atoms with E-state index in [1.165, 1.54) is 0 Å². The molecule has 0 N–H and O–H groups in total. The second-order valence-electron chi connectivity index (χ2n) is 6.33. The number of rotatable bonds is 3. The van der Waals surface area contributed by atoms with E-state index in [2.05, 4.69) is 9.88 Å². The number of hydrogen-bond donors (Lipinski definition) is 0. The molecule has 0 aliphatic carbocycles. The molecular formula is C18H21FN2O2. The summed E-state index contributed by atoms with van der Waals surface area (Å²) in [6.07, 6.45) is 3.88. The van der Waals surface area contributed by atoms with Gasteiger partial charge < -0.3 is 9.47 Å². The maximum Gasteiger partial charge on any atom is 0.160 e. The standard InChI is InChI=1S/C18H21FN2O2/c19-16-4-3-14(17-15(16)2-1-7-20-17)12-21-8-5-13(6-9-21)18-22-10-11-23-18/h1-4,7,13,18H,5-6,8-12H2. The number of likely N-dealkylation sites (tertiary alicyclic amines) is 1. The number of hydrogen-bond acceptors (Lipinski definition) is 4. The van der Waals surface area contributed by atoms with Crippen LogP contribution in [0.2, 0.25) is 0 Å². The lowest BCUT2D eigenvalue weighted by atomic mass is 9.95. The highest BCUT2D eigenvalue weighted by atomic mass is 19.1. The molecule has 0 bridgehead atoms. The molecule has 122 valence electrons. The van der Waals surface area contributed by atoms with Crippen LogP contribution in [-0.2, 0) is 16.0 Å². The fraction of sp³-hybridized carbons (Fsp3) is 0.500. The number of aromatic nitrogens is 1. The molecule has 0 spiro atoms. The van der Waals surface area contributed by atoms with E-state index in [0.29, 0.717) is 11.3 Å². The molecule has 3 heterocycles. The molecule has 1 aromatic carbocycles. The van der Waals surface area contributed by atoms with Crippen molar-refractivity contribution in [1.29, 1.82) is 0 Å². The van der Waals surface area contributed by atoms with Gasteiger partial charge in [-0.2, -0.15) is 0 Å². The summed E-state index contributed by atoms with van der Waals surface area (Å²) in [5.41, 5.74) is 1.87. The number of benzene rings is 1. The number of fused-ring (bicyclic) bond motifs is 1. The third kappa shape index (κ3) is 3.09. The molecule has 0 saturated carbocycles. The Labute approximate surface area is 135 Å². The lowest BCUT2D eigenvalue weighted by Crippen LogP contribution is -2.37. The van der Waals surface area contributed by atoms with Gasteiger partial charge in [0, 0.05) is 24.0 Å². The molecular weight excluding hydrogens is 295 g/mol. The fourth-order valence-electron chi connectivity index (χ4n) is 3.60. The van der Waals surface area contributed by atoms with Gasteiger partial charge in [-0.1, -0.05) is 6.07 Å². The largest absolute Gasteiger partial charge is 0.350 e. The first kappa shape index (κ1) is 15.0. The van der Waals surface area contributed by atoms with Crippen molar-refractivity contribution in [2.45, 2.75) is 25.7 Å². The van der Waals surface area contributed by atoms with E-state index in [9.17, 15) is 4.39 Å². The molecule has 4 rings (SSSR count). The summed E-state index contributed by atoms with van der Waals surface area (Å²) in [5.74, 6) is 0.294. The van der Waals surface area contributed by atoms with Gasteiger partial charge in [0.25, 0.3) is 0 Å². The average Bonchev–Trinajstić information content (AvgIpc) is 3.13. The molecule has 5 heteroatoms. The highest BCUT2D eigenvalue weighted by molar-refractivity contribution is 5.82. The zero-order valence-corrected chi connectivity index (χ0v) is 13.1. The lowest BCUT2D eigenvalue weighted by Gasteiger charge is -2.33. The summed E-state index contributed by atoms with van der Waals surface area (Å²) in [4.78, 5) is 6.79. The molecule has 2 aliphatic heterocycles. The highest BCUT2D eigenvalue weighted by Gasteiger charge is 2.30. The van der Waals surface area contributed by atoms with Crippen molar-refractivity contribution in [3.8, 4) is 0 Å². The predicted molar refractivity (Wildman–Crippen MR) is 85.4 cm³/mol. The van der Waals surface area contributed by atoms with Gasteiger partial charge in [-0.05, 0) is 49.7 Å². The van der Waals surface area contributed by atoms with Crippen molar-refractivity contribution in [2.75, 3.05) is 26.3 Å². The van der Waals surface area contributed by atoms with Gasteiger partial charge in [0.15, 0.2) is 6.29 Å². The highest BCUT2D eigenvalue weighted by Crippen LogP contribution is 2.28. The monoisotopic (exact) mass is 316 g/mol. The van der Waals surface area contributed by atoms with Crippen molar-refractivity contribution in [1.82, 2.24) is 9.88 Å². The first-order valence-electron chi connectivity index (χ1n) is 8.29. The predicted octanol–water partition coefficient (Wildman–Crippen LogP) is 2.96. The average molecular weight is 316 g/mol. The van der Waals surface area contributed by atoms with Crippen molar-refractivity contribution in [3.05, 3.63) is 41.8 Å². The molecule has 2 aliphatic rings. The number of pyridine rings is 1. The van der Waals surface area contributed by atoms with Crippen molar-refractivity contribution < 1.29 is 13.9 Å². The summed E-state index contributed by atoms with van der Waals surface area (Å²) in [5, 5.41) is 0.604. The quantitative estimate of drug-likeness (QED) is 0.872. The maximum atomic E-state index is 13.9. The van der Waals surface area contributed by atoms with Crippen LogP contribution in [0, 0.1) is 11.7 Å². The third-order valence-electron chi connectivity index (χ3n) is 4.86. The Morgan fingerprint density at radius 3 is 2.70 bits per heavy atom. The molecule has 0 atom stereocenters. The van der Waals surface area contributed by atoms with Crippen LogP contribution < -0.4 is 0 Å². The van der Waals surface area contributed by atoms with Crippen LogP contribution in [0.1, 0.15) is 18.4 Å². The van der Waals surface area contributed by atoms with Crippen LogP contribution in [0.5, 0.6) is 0 Å². The van der Waals surface area contributed by atoms with E-state index in [4.69, 9.17) is 9.47 Å². The summed E-state index contributed by atoms with van der Waals surface area (Å²) >= 11 is 0. The van der Waals surface area contributed by atoms with Crippen LogP contribution in [0.25, 0.3) is 10.9 Å². The zero-order valence-electron chi connectivity index (χ0n) is 13.1. The Morgan fingerprint density at radius 2 is 1.91 bits per heavy atom. The van der Waals surface area contributed by atoms with E-state index in [-0.39, 0.29) is 12.1 Å². The minimum atomic E-state index is -0.203. The second-order valence-corrected chi connectivity index (χ2v) is 6.33. The SMILES string of the molecule is Fc1ccc(CN2CCC(C3OCCO3)CC2)c2ncccc12. The minimum absolute atomic E-state index is 0.00883. The number of halogens is 1. The first-order valence-corrected chi connectivity index (χ1v) is 8.29. The van der Waals surface area contributed by atoms with Gasteiger partial charge in [0.2, 0.25) is 0 Å². The Balaban J connectivity index is 1.44. The fourth-order valence-corrected chi connectivity index (χ4v) is 3.60. The molecule has 2 fully saturated rings. The molecule has 0 amide bonds. The van der Waals surface area contributed by atoms with Crippen molar-refractivity contribution >= 4 is 10.9 Å². The van der Waals surface area contributed by atoms with Gasteiger partial charge >= 0.3 is 0 Å². The summed E-state index contributed by atoms with van der Waals surface area (Å²) < 4.78 is 25.1. The van der Waals surface area contributed by atoms with Crippen LogP contribution in [0.4, 0.5) is 4.39 Å². The number of piperidine rings is 1. The van der Waals surface area contributed by atoms with Crippen LogP contribution >= 0.6 is 0 Å². The van der Waals surface area contributed by atoms with E-state index in [1.54, 1.807) is 24.4 Å². The van der Waals surface area contributed by atoms with Gasteiger partial charge in [0.1, 0.15) is 5.82 Å². The molecule has 0 radical (unpaired) electrons. The second kappa shape index (κ2) is 6.51. The zero-order chi connectivity index (χ0) is 15.6. The first-order chi connectivity index (χ1) is 11.3. The van der Waals surface area contributed by atoms with Gasteiger partial charge in [0.05, 0.1) is 18.7 Å². The van der Waals surface area contributed by atoms with Crippen LogP contribution in [0.15, 0.2) is 30.5 Å². The number of nitrogens with zero attached hydrogens (tertiary/aromatic N) is 2. The van der Waals surface area contributed by atoms with Gasteiger partial charge in [-0.3, -0.25) is 9.88 Å². The van der Waals surface area contributed by atoms with Gasteiger partial charge in [-0.15, -0.1) is 0 Å². The third-order valence-corrected chi connectivity index (χ3v) is 4.86. The molecule has 2 aromatic rings. The van der Waals surface area contributed by atoms with Gasteiger partial charge in [-0.25, -0.2) is 4.39 Å². The van der Waals surface area contributed by atoms with E-state index in [0.717, 1.165) is 56.8 Å². The normalized spacial score (nSPS) is 21.3. The van der Waals surface area contributed by atoms with E-state index >= 15 is 0 Å². The molecule has 23 heavy (non-hydrogen) atoms. The minimum Gasteiger partial charge on any atom is -0.350 e. The summed E-state index contributed by atoms with van der Waals surface area (Å²) in [7, 11) is 0. The number of ether oxygens (including phenoxy) is 2. The van der Waals surface area contributed by atoms with E-state index < -0.39 is 0 Å². The molecule has 2 saturated heterocycles. The summed E-state index contributed by atoms with van der Waals surface area (Å²) in [6.45, 7) is 4.28. The van der Waals surface area contributed by atoms with Crippen LogP contribution in [0.3, 0.4) is 0 Å². The summed E-state index contributed by atoms with van der Waals surface area (Å²) in [6, 6.07) is 6.98. The Bertz CT molecular complexity index is 680. The van der Waals surface area contributed by atoms with Crippen LogP contribution in [-0.4, -0.2) is 42.5 Å².